The smallest absolute Gasteiger partial charge is 0.306 e. The van der Waals surface area contributed by atoms with Crippen LogP contribution in [-0.4, -0.2) is 33.6 Å². The highest BCUT2D eigenvalue weighted by atomic mass is 35.5. The number of Topliss-reactive ketones (excluding diaryl/α,β-unsaturated/α-hetero) is 2. The van der Waals surface area contributed by atoms with Gasteiger partial charge in [0.15, 0.2) is 17.5 Å². The molecule has 0 spiro atoms. The summed E-state index contributed by atoms with van der Waals surface area (Å²) in [4.78, 5) is 51.3. The fraction of sp³-hybridized carbons (Fsp3) is 0.517. The molecule has 11 heteroatoms. The number of anilines is 1. The number of unbranched alkanes of at least 4 members (excludes halogenated alkanes) is 1. The van der Waals surface area contributed by atoms with E-state index in [9.17, 15) is 32.3 Å². The van der Waals surface area contributed by atoms with Gasteiger partial charge in [0.2, 0.25) is 11.6 Å². The lowest BCUT2D eigenvalue weighted by Crippen LogP contribution is -2.25. The average Bonchev–Trinajstić information content (AvgIpc) is 3.37. The summed E-state index contributed by atoms with van der Waals surface area (Å²) in [6.07, 6.45) is 3.03. The van der Waals surface area contributed by atoms with E-state index in [1.54, 1.807) is 20.8 Å². The molecule has 1 aliphatic rings. The Kier molecular flexibility index (Phi) is 9.54. The Labute approximate surface area is 236 Å². The molecular weight excluding hydrogens is 549 g/mol. The standard InChI is InChI=1S/C29H34ClF3N2O5/c1-28(2,3)40-21(37)10-6-7-11-29(4,5)15-20(36)26(38)25-23(30)22(19-9-8-12-35(19)25)27(39)34-16-13-17(31)24(33)18(32)14-16/h13-14H,6-12,15H2,1-5H3,(H,34,39). The maximum Gasteiger partial charge on any atom is 0.306 e. The van der Waals surface area contributed by atoms with E-state index in [2.05, 4.69) is 5.32 Å². The first-order chi connectivity index (χ1) is 18.5. The Bertz CT molecular complexity index is 1320. The van der Waals surface area contributed by atoms with Gasteiger partial charge in [-0.3, -0.25) is 19.2 Å². The molecule has 0 unspecified atom stereocenters. The van der Waals surface area contributed by atoms with Crippen molar-refractivity contribution in [2.75, 3.05) is 5.32 Å². The number of rotatable bonds is 11. The van der Waals surface area contributed by atoms with Gasteiger partial charge < -0.3 is 14.6 Å². The van der Waals surface area contributed by atoms with Gasteiger partial charge in [-0.1, -0.05) is 31.9 Å². The number of aromatic nitrogens is 1. The van der Waals surface area contributed by atoms with Crippen molar-refractivity contribution >= 4 is 40.7 Å². The van der Waals surface area contributed by atoms with Gasteiger partial charge in [-0.2, -0.15) is 0 Å². The molecule has 3 rings (SSSR count). The molecule has 0 atom stereocenters. The summed E-state index contributed by atoms with van der Waals surface area (Å²) in [5.41, 5.74) is -1.15. The van der Waals surface area contributed by atoms with Crippen molar-refractivity contribution in [3.63, 3.8) is 0 Å². The fourth-order valence-electron chi connectivity index (χ4n) is 4.82. The first kappa shape index (κ1) is 31.4. The largest absolute Gasteiger partial charge is 0.460 e. The van der Waals surface area contributed by atoms with Crippen molar-refractivity contribution in [3.05, 3.63) is 51.6 Å². The van der Waals surface area contributed by atoms with Crippen molar-refractivity contribution in [2.24, 2.45) is 5.41 Å². The lowest BCUT2D eigenvalue weighted by Gasteiger charge is -2.24. The first-order valence-electron chi connectivity index (χ1n) is 13.2. The van der Waals surface area contributed by atoms with Crippen molar-refractivity contribution in [1.29, 1.82) is 0 Å². The number of amides is 1. The average molecular weight is 583 g/mol. The van der Waals surface area contributed by atoms with E-state index in [4.69, 9.17) is 16.3 Å². The van der Waals surface area contributed by atoms with Gasteiger partial charge in [-0.05, 0) is 51.9 Å². The molecule has 0 radical (unpaired) electrons. The van der Waals surface area contributed by atoms with Gasteiger partial charge in [0.1, 0.15) is 11.3 Å². The molecule has 7 nitrogen and oxygen atoms in total. The summed E-state index contributed by atoms with van der Waals surface area (Å²) in [5, 5.41) is 2.08. The number of ketones is 2. The zero-order chi connectivity index (χ0) is 30.0. The number of esters is 1. The number of hydrogen-bond acceptors (Lipinski definition) is 5. The lowest BCUT2D eigenvalue weighted by atomic mass is 9.81. The van der Waals surface area contributed by atoms with Crippen LogP contribution in [0.5, 0.6) is 0 Å². The molecule has 0 bridgehead atoms. The normalized spacial score (nSPS) is 13.2. The summed E-state index contributed by atoms with van der Waals surface area (Å²) in [5.74, 6) is -7.23. The summed E-state index contributed by atoms with van der Waals surface area (Å²) in [6.45, 7) is 9.47. The molecule has 2 aromatic rings. The number of ether oxygens (including phenoxy) is 1. The predicted molar refractivity (Wildman–Crippen MR) is 144 cm³/mol. The molecule has 1 N–H and O–H groups in total. The number of benzene rings is 1. The van der Waals surface area contributed by atoms with Gasteiger partial charge in [0.05, 0.1) is 10.6 Å². The van der Waals surface area contributed by atoms with Crippen LogP contribution < -0.4 is 5.32 Å². The predicted octanol–water partition coefficient (Wildman–Crippen LogP) is 6.83. The van der Waals surface area contributed by atoms with Gasteiger partial charge in [0.25, 0.3) is 5.91 Å². The van der Waals surface area contributed by atoms with E-state index in [1.807, 2.05) is 13.8 Å². The monoisotopic (exact) mass is 582 g/mol. The van der Waals surface area contributed by atoms with Crippen LogP contribution in [0.25, 0.3) is 0 Å². The third kappa shape index (κ3) is 7.53. The quantitative estimate of drug-likeness (QED) is 0.103. The van der Waals surface area contributed by atoms with Crippen LogP contribution in [0.4, 0.5) is 18.9 Å². The zero-order valence-corrected chi connectivity index (χ0v) is 24.1. The van der Waals surface area contributed by atoms with E-state index in [-0.39, 0.29) is 40.8 Å². The minimum atomic E-state index is -1.67. The highest BCUT2D eigenvalue weighted by Gasteiger charge is 2.36. The molecule has 1 amide bonds. The Balaban J connectivity index is 1.70. The Hall–Kier alpha value is -3.14. The number of carbonyl (C=O) groups excluding carboxylic acids is 4. The number of nitrogens with one attached hydrogen (secondary N) is 1. The van der Waals surface area contributed by atoms with Gasteiger partial charge >= 0.3 is 5.97 Å². The van der Waals surface area contributed by atoms with Crippen LogP contribution in [0.1, 0.15) is 99.7 Å². The Morgan fingerprint density at radius 1 is 1.02 bits per heavy atom. The molecule has 218 valence electrons. The second kappa shape index (κ2) is 12.2. The molecular formula is C29H34ClF3N2O5. The molecule has 0 aliphatic carbocycles. The fourth-order valence-corrected chi connectivity index (χ4v) is 5.20. The minimum absolute atomic E-state index is 0.0647. The second-order valence-corrected chi connectivity index (χ2v) is 12.2. The summed E-state index contributed by atoms with van der Waals surface area (Å²) in [6, 6.07) is 1.26. The van der Waals surface area contributed by atoms with Crippen molar-refractivity contribution in [1.82, 2.24) is 4.57 Å². The van der Waals surface area contributed by atoms with Crippen molar-refractivity contribution < 1.29 is 37.1 Å². The van der Waals surface area contributed by atoms with E-state index >= 15 is 0 Å². The minimum Gasteiger partial charge on any atom is -0.460 e. The molecule has 2 heterocycles. The molecule has 1 aromatic heterocycles. The maximum atomic E-state index is 13.6. The van der Waals surface area contributed by atoms with Crippen LogP contribution in [0.2, 0.25) is 5.02 Å². The summed E-state index contributed by atoms with van der Waals surface area (Å²) in [7, 11) is 0. The van der Waals surface area contributed by atoms with Crippen LogP contribution >= 0.6 is 11.6 Å². The highest BCUT2D eigenvalue weighted by Crippen LogP contribution is 2.36. The number of nitrogens with zero attached hydrogens (tertiary/aromatic N) is 1. The van der Waals surface area contributed by atoms with Crippen LogP contribution in [-0.2, 0) is 27.3 Å². The van der Waals surface area contributed by atoms with Crippen molar-refractivity contribution in [2.45, 2.75) is 91.7 Å². The summed E-state index contributed by atoms with van der Waals surface area (Å²) < 4.78 is 47.4. The van der Waals surface area contributed by atoms with Gasteiger partial charge in [0, 0.05) is 42.9 Å². The third-order valence-corrected chi connectivity index (χ3v) is 6.96. The van der Waals surface area contributed by atoms with Crippen LogP contribution in [0.15, 0.2) is 12.1 Å². The molecule has 0 saturated heterocycles. The molecule has 0 fully saturated rings. The third-order valence-electron chi connectivity index (χ3n) is 6.59. The van der Waals surface area contributed by atoms with Crippen LogP contribution in [0.3, 0.4) is 0 Å². The van der Waals surface area contributed by atoms with E-state index in [1.165, 1.54) is 4.57 Å². The number of fused-ring (bicyclic) bond motifs is 1. The highest BCUT2D eigenvalue weighted by molar-refractivity contribution is 6.48. The van der Waals surface area contributed by atoms with E-state index in [0.29, 0.717) is 56.5 Å². The van der Waals surface area contributed by atoms with Crippen LogP contribution in [0, 0.1) is 22.9 Å². The lowest BCUT2D eigenvalue weighted by molar-refractivity contribution is -0.155. The number of hydrogen-bond donors (Lipinski definition) is 1. The molecule has 1 aliphatic heterocycles. The SMILES string of the molecule is CC(C)(CCCCC(=O)OC(C)(C)C)CC(=O)C(=O)c1c(Cl)c(C(=O)Nc2cc(F)c(F)c(F)c2)c2n1CCC2. The molecule has 0 saturated carbocycles. The Morgan fingerprint density at radius 2 is 1.65 bits per heavy atom. The topological polar surface area (TPSA) is 94.5 Å². The van der Waals surface area contributed by atoms with Crippen molar-refractivity contribution in [3.8, 4) is 0 Å². The first-order valence-corrected chi connectivity index (χ1v) is 13.5. The van der Waals surface area contributed by atoms with Gasteiger partial charge in [-0.25, -0.2) is 13.2 Å². The Morgan fingerprint density at radius 3 is 2.25 bits per heavy atom. The van der Waals surface area contributed by atoms with Gasteiger partial charge in [-0.15, -0.1) is 0 Å². The number of halogens is 4. The molecule has 1 aromatic carbocycles. The van der Waals surface area contributed by atoms with E-state index < -0.39 is 45.9 Å². The van der Waals surface area contributed by atoms with E-state index in [0.717, 1.165) is 0 Å². The zero-order valence-electron chi connectivity index (χ0n) is 23.3. The summed E-state index contributed by atoms with van der Waals surface area (Å²) >= 11 is 6.48. The number of carbonyl (C=O) groups is 4. The molecule has 40 heavy (non-hydrogen) atoms. The second-order valence-electron chi connectivity index (χ2n) is 11.8. The maximum absolute atomic E-state index is 13.6.